The molecule has 17 heavy (non-hydrogen) atoms. The molecule has 0 spiro atoms. The maximum atomic E-state index is 4.51. The van der Waals surface area contributed by atoms with Crippen molar-refractivity contribution in [1.29, 1.82) is 0 Å². The Morgan fingerprint density at radius 3 is 1.65 bits per heavy atom. The van der Waals surface area contributed by atoms with Gasteiger partial charge in [0, 0.05) is 26.2 Å². The molecule has 0 N–H and O–H groups in total. The second-order valence-corrected chi connectivity index (χ2v) is 3.57. The van der Waals surface area contributed by atoms with E-state index in [-0.39, 0.29) is 86.3 Å². The first-order chi connectivity index (χ1) is 4.58. The predicted molar refractivity (Wildman–Crippen MR) is 85.1 cm³/mol. The summed E-state index contributed by atoms with van der Waals surface area (Å²) >= 11 is 0. The summed E-state index contributed by atoms with van der Waals surface area (Å²) in [6.45, 7) is 6.35. The molecule has 1 rings (SSSR count). The minimum atomic E-state index is 0. The van der Waals surface area contributed by atoms with E-state index in [1.54, 1.807) is 0 Å². The Morgan fingerprint density at radius 2 is 1.41 bits per heavy atom. The van der Waals surface area contributed by atoms with E-state index in [2.05, 4.69) is 44.3 Å². The first kappa shape index (κ1) is 43.1. The van der Waals surface area contributed by atoms with Crippen LogP contribution in [0.25, 0.3) is 5.32 Å². The third kappa shape index (κ3) is 22.4. The number of rotatable bonds is 1. The molecule has 0 fully saturated rings. The van der Waals surface area contributed by atoms with Crippen LogP contribution in [-0.4, -0.2) is 5.54 Å². The molecule has 0 heterocycles. The van der Waals surface area contributed by atoms with E-state index >= 15 is 0 Å². The molecule has 0 amide bonds. The Labute approximate surface area is 142 Å². The van der Waals surface area contributed by atoms with Crippen molar-refractivity contribution in [3.8, 4) is 0 Å². The summed E-state index contributed by atoms with van der Waals surface area (Å²) in [6.07, 6.45) is 7.28. The molecule has 1 aliphatic rings. The molecule has 108 valence electrons. The van der Waals surface area contributed by atoms with E-state index in [4.69, 9.17) is 0 Å². The molecule has 0 aliphatic heterocycles. The molecule has 1 aliphatic carbocycles. The molecular formula is C13H28Cl2NZr-5. The average Bonchev–Trinajstić information content (AvgIpc) is 2.12. The van der Waals surface area contributed by atoms with E-state index in [1.807, 2.05) is 0 Å². The number of halogens is 2. The number of nitrogens with zero attached hydrogens (tertiary/aromatic N) is 1. The largest absolute Gasteiger partial charge is 0.683 e. The molecule has 1 nitrogen and oxygen atoms in total. The summed E-state index contributed by atoms with van der Waals surface area (Å²) < 4.78 is 0. The van der Waals surface area contributed by atoms with Crippen molar-refractivity contribution in [2.75, 3.05) is 0 Å². The smallest absolute Gasteiger partial charge is 0 e. The average molecular weight is 361 g/mol. The summed E-state index contributed by atoms with van der Waals surface area (Å²) in [7, 11) is 0. The predicted octanol–water partition coefficient (Wildman–Crippen LogP) is 5.64. The van der Waals surface area contributed by atoms with Crippen LogP contribution in [0, 0.1) is 29.7 Å². The number of hydrogen-bond donors (Lipinski definition) is 0. The Hall–Kier alpha value is 0.743. The molecular weight excluding hydrogens is 332 g/mol. The first-order valence-corrected chi connectivity index (χ1v) is 3.66. The van der Waals surface area contributed by atoms with Gasteiger partial charge in [-0.15, -0.1) is 30.4 Å². The van der Waals surface area contributed by atoms with Gasteiger partial charge in [0.2, 0.25) is 0 Å². The summed E-state index contributed by atoms with van der Waals surface area (Å²) in [5, 5.41) is 4.51. The Balaban J connectivity index is -0.0000000286. The van der Waals surface area contributed by atoms with Gasteiger partial charge >= 0.3 is 0 Å². The van der Waals surface area contributed by atoms with Gasteiger partial charge in [-0.2, -0.15) is 5.70 Å². The van der Waals surface area contributed by atoms with Crippen LogP contribution >= 0.6 is 24.8 Å². The van der Waals surface area contributed by atoms with Gasteiger partial charge in [0.1, 0.15) is 0 Å². The molecule has 0 atom stereocenters. The zero-order valence-corrected chi connectivity index (χ0v) is 16.3. The Bertz CT molecular complexity index is 184. The van der Waals surface area contributed by atoms with Crippen LogP contribution in [0.3, 0.4) is 0 Å². The Kier molecular flexibility index (Phi) is 48.4. The fourth-order valence-electron chi connectivity index (χ4n) is 0.950. The van der Waals surface area contributed by atoms with Crippen LogP contribution in [0.15, 0.2) is 23.9 Å². The summed E-state index contributed by atoms with van der Waals surface area (Å²) in [5.74, 6) is 0. The molecule has 0 aromatic rings. The molecule has 0 saturated heterocycles. The van der Waals surface area contributed by atoms with Gasteiger partial charge < -0.3 is 35.0 Å². The molecule has 0 aromatic carbocycles. The van der Waals surface area contributed by atoms with Crippen molar-refractivity contribution in [2.24, 2.45) is 0 Å². The van der Waals surface area contributed by atoms with Crippen molar-refractivity contribution in [1.82, 2.24) is 0 Å². The normalized spacial score (nSPS) is 10.2. The maximum Gasteiger partial charge on any atom is 0 e. The van der Waals surface area contributed by atoms with Crippen molar-refractivity contribution < 1.29 is 26.2 Å². The fraction of sp³-hybridized carbons (Fsp3) is 0.385. The minimum absolute atomic E-state index is 0. The maximum absolute atomic E-state index is 4.51. The van der Waals surface area contributed by atoms with Gasteiger partial charge in [0.15, 0.2) is 0 Å². The molecule has 0 radical (unpaired) electrons. The van der Waals surface area contributed by atoms with Crippen molar-refractivity contribution >= 4 is 24.8 Å². The second kappa shape index (κ2) is 19.1. The molecule has 4 heteroatoms. The zero-order chi connectivity index (χ0) is 7.61. The summed E-state index contributed by atoms with van der Waals surface area (Å²) in [4.78, 5) is 0. The van der Waals surface area contributed by atoms with Crippen molar-refractivity contribution in [3.63, 3.8) is 0 Å². The molecule has 0 saturated carbocycles. The quantitative estimate of drug-likeness (QED) is 0.537. The van der Waals surface area contributed by atoms with Crippen LogP contribution in [0.1, 0.15) is 27.2 Å². The van der Waals surface area contributed by atoms with E-state index < -0.39 is 0 Å². The second-order valence-electron chi connectivity index (χ2n) is 3.57. The van der Waals surface area contributed by atoms with Gasteiger partial charge in [-0.3, -0.25) is 0 Å². The van der Waals surface area contributed by atoms with E-state index in [9.17, 15) is 0 Å². The third-order valence-electron chi connectivity index (χ3n) is 1.23. The van der Waals surface area contributed by atoms with E-state index in [1.165, 1.54) is 5.70 Å². The molecule has 0 aromatic heterocycles. The molecule has 0 unspecified atom stereocenters. The standard InChI is InChI=1S/C9H14N.4CH3.2ClH.Zr/c1-9(2,3)10-8-6-4-5-7-8;;;;;;;/h4-6H,7H2,1-3H3;4*1H3;2*1H;/q5*-1;;;. The number of hydrogen-bond acceptors (Lipinski definition) is 0. The number of allylic oxidation sites excluding steroid dienone is 3. The summed E-state index contributed by atoms with van der Waals surface area (Å²) in [6, 6.07) is 0. The fourth-order valence-corrected chi connectivity index (χ4v) is 0.950. The zero-order valence-electron chi connectivity index (χ0n) is 12.2. The van der Waals surface area contributed by atoms with Gasteiger partial charge in [0.25, 0.3) is 0 Å². The van der Waals surface area contributed by atoms with Crippen LogP contribution < -0.4 is 0 Å². The van der Waals surface area contributed by atoms with Crippen LogP contribution in [0.4, 0.5) is 0 Å². The van der Waals surface area contributed by atoms with Crippen LogP contribution in [0.5, 0.6) is 0 Å². The van der Waals surface area contributed by atoms with Crippen molar-refractivity contribution in [2.45, 2.75) is 32.7 Å². The van der Waals surface area contributed by atoms with Crippen LogP contribution in [0.2, 0.25) is 0 Å². The van der Waals surface area contributed by atoms with Gasteiger partial charge in [-0.25, -0.2) is 0 Å². The van der Waals surface area contributed by atoms with E-state index in [0.29, 0.717) is 0 Å². The van der Waals surface area contributed by atoms with Crippen LogP contribution in [-0.2, 0) is 26.2 Å². The first-order valence-electron chi connectivity index (χ1n) is 3.66. The topological polar surface area (TPSA) is 14.1 Å². The monoisotopic (exact) mass is 358 g/mol. The van der Waals surface area contributed by atoms with Crippen molar-refractivity contribution in [3.05, 3.63) is 58.9 Å². The third-order valence-corrected chi connectivity index (χ3v) is 1.23. The minimum Gasteiger partial charge on any atom is -0.683 e. The summed E-state index contributed by atoms with van der Waals surface area (Å²) in [5.41, 5.74) is 1.28. The van der Waals surface area contributed by atoms with Gasteiger partial charge in [-0.05, 0) is 6.42 Å². The Morgan fingerprint density at radius 1 is 1.00 bits per heavy atom. The SMILES string of the molecule is CC(C)(C)[N-]C1=CC=CC1.Cl.Cl.[CH3-].[CH3-].[CH3-].[CH3-].[Zr]. The van der Waals surface area contributed by atoms with Gasteiger partial charge in [-0.1, -0.05) is 39.0 Å². The molecule has 0 bridgehead atoms. The van der Waals surface area contributed by atoms with Gasteiger partial charge in [0.05, 0.1) is 0 Å². The van der Waals surface area contributed by atoms with E-state index in [0.717, 1.165) is 6.42 Å².